The molecule has 0 aromatic heterocycles. The first-order valence-electron chi connectivity index (χ1n) is 9.56. The molecule has 2 saturated heterocycles. The van der Waals surface area contributed by atoms with Crippen LogP contribution < -0.4 is 0 Å². The Morgan fingerprint density at radius 3 is 2.70 bits per heavy atom. The summed E-state index contributed by atoms with van der Waals surface area (Å²) in [4.78, 5) is 0. The van der Waals surface area contributed by atoms with Crippen LogP contribution in [0.1, 0.15) is 58.8 Å². The van der Waals surface area contributed by atoms with Gasteiger partial charge in [0.1, 0.15) is 0 Å². The van der Waals surface area contributed by atoms with Crippen LogP contribution in [0.2, 0.25) is 0 Å². The van der Waals surface area contributed by atoms with Gasteiger partial charge in [0.05, 0.1) is 13.2 Å². The molecule has 2 heterocycles. The Morgan fingerprint density at radius 1 is 1.17 bits per heavy atom. The van der Waals surface area contributed by atoms with Gasteiger partial charge in [0.2, 0.25) is 0 Å². The van der Waals surface area contributed by atoms with Gasteiger partial charge in [-0.05, 0) is 68.6 Å². The predicted octanol–water partition coefficient (Wildman–Crippen LogP) is 3.26. The quantitative estimate of drug-likeness (QED) is 0.730. The minimum absolute atomic E-state index is 0.0348. The lowest BCUT2D eigenvalue weighted by atomic mass is 9.38. The average Bonchev–Trinajstić information content (AvgIpc) is 2.78. The minimum Gasteiger partial charge on any atom is -0.396 e. The molecule has 7 atom stereocenters. The number of fused-ring (bicyclic) bond motifs is 3. The summed E-state index contributed by atoms with van der Waals surface area (Å²) in [5.41, 5.74) is 1.68. The van der Waals surface area contributed by atoms with Gasteiger partial charge in [-0.1, -0.05) is 18.6 Å². The first-order chi connectivity index (χ1) is 10.9. The van der Waals surface area contributed by atoms with Crippen molar-refractivity contribution in [1.29, 1.82) is 0 Å². The normalized spacial score (nSPS) is 60.2. The van der Waals surface area contributed by atoms with E-state index in [2.05, 4.69) is 19.9 Å². The average molecular weight is 318 g/mol. The van der Waals surface area contributed by atoms with E-state index in [1.54, 1.807) is 5.57 Å². The fourth-order valence-corrected chi connectivity index (χ4v) is 7.89. The number of aliphatic hydroxyl groups is 2. The highest BCUT2D eigenvalue weighted by Gasteiger charge is 2.72. The molecule has 0 amide bonds. The van der Waals surface area contributed by atoms with E-state index in [-0.39, 0.29) is 12.0 Å². The van der Waals surface area contributed by atoms with Crippen molar-refractivity contribution in [3.8, 4) is 0 Å². The fourth-order valence-electron chi connectivity index (χ4n) is 7.89. The van der Waals surface area contributed by atoms with Crippen molar-refractivity contribution in [2.24, 2.45) is 34.0 Å². The largest absolute Gasteiger partial charge is 0.396 e. The lowest BCUT2D eigenvalue weighted by molar-refractivity contribution is -0.401. The van der Waals surface area contributed by atoms with Crippen molar-refractivity contribution in [2.45, 2.75) is 64.6 Å². The van der Waals surface area contributed by atoms with Crippen molar-refractivity contribution in [3.05, 3.63) is 11.6 Å². The smallest absolute Gasteiger partial charge is 0.173 e. The Balaban J connectivity index is 1.63. The molecule has 6 rings (SSSR count). The molecule has 4 aliphatic carbocycles. The van der Waals surface area contributed by atoms with Gasteiger partial charge in [-0.3, -0.25) is 0 Å². The molecule has 2 spiro atoms. The first-order valence-corrected chi connectivity index (χ1v) is 9.56. The summed E-state index contributed by atoms with van der Waals surface area (Å²) in [7, 11) is 0. The molecule has 0 aromatic rings. The molecule has 3 nitrogen and oxygen atoms in total. The van der Waals surface area contributed by atoms with Crippen LogP contribution in [-0.2, 0) is 4.74 Å². The summed E-state index contributed by atoms with van der Waals surface area (Å²) in [6.07, 6.45) is 10.7. The maximum Gasteiger partial charge on any atom is 0.173 e. The van der Waals surface area contributed by atoms with E-state index in [4.69, 9.17) is 4.74 Å². The molecule has 6 aliphatic rings. The van der Waals surface area contributed by atoms with Gasteiger partial charge in [0, 0.05) is 17.3 Å². The number of rotatable bonds is 1. The summed E-state index contributed by atoms with van der Waals surface area (Å²) in [5.74, 6) is 0.776. The van der Waals surface area contributed by atoms with E-state index in [1.807, 2.05) is 0 Å². The van der Waals surface area contributed by atoms with Crippen LogP contribution in [-0.4, -0.2) is 29.2 Å². The first kappa shape index (κ1) is 14.9. The Hall–Kier alpha value is -0.380. The number of aliphatic hydroxyl groups excluding tert-OH is 1. The molecule has 23 heavy (non-hydrogen) atoms. The van der Waals surface area contributed by atoms with Crippen molar-refractivity contribution in [2.75, 3.05) is 13.2 Å². The van der Waals surface area contributed by atoms with Gasteiger partial charge < -0.3 is 14.9 Å². The maximum atomic E-state index is 11.0. The van der Waals surface area contributed by atoms with Gasteiger partial charge in [-0.15, -0.1) is 0 Å². The van der Waals surface area contributed by atoms with Crippen LogP contribution in [0, 0.1) is 34.0 Å². The van der Waals surface area contributed by atoms with E-state index in [9.17, 15) is 10.2 Å². The van der Waals surface area contributed by atoms with Gasteiger partial charge in [-0.2, -0.15) is 0 Å². The lowest BCUT2D eigenvalue weighted by Gasteiger charge is -2.71. The molecule has 3 saturated carbocycles. The second kappa shape index (κ2) is 4.23. The van der Waals surface area contributed by atoms with Gasteiger partial charge in [0.15, 0.2) is 5.79 Å². The topological polar surface area (TPSA) is 49.7 Å². The number of allylic oxidation sites excluding steroid dienone is 2. The van der Waals surface area contributed by atoms with E-state index in [0.717, 1.165) is 18.8 Å². The van der Waals surface area contributed by atoms with Crippen LogP contribution in [0.15, 0.2) is 11.6 Å². The van der Waals surface area contributed by atoms with Crippen molar-refractivity contribution in [1.82, 2.24) is 0 Å². The molecule has 0 aromatic carbocycles. The third-order valence-corrected chi connectivity index (χ3v) is 9.07. The fraction of sp³-hybridized carbons (Fsp3) is 0.900. The summed E-state index contributed by atoms with van der Waals surface area (Å²) in [6.45, 7) is 5.14. The van der Waals surface area contributed by atoms with Crippen LogP contribution in [0.3, 0.4) is 0 Å². The predicted molar refractivity (Wildman–Crippen MR) is 87.5 cm³/mol. The van der Waals surface area contributed by atoms with E-state index >= 15 is 0 Å². The Bertz CT molecular complexity index is 573. The molecule has 3 heteroatoms. The number of ether oxygens (including phenoxy) is 1. The van der Waals surface area contributed by atoms with E-state index in [0.29, 0.717) is 30.3 Å². The number of hydrogen-bond donors (Lipinski definition) is 2. The Morgan fingerprint density at radius 2 is 2.00 bits per heavy atom. The zero-order valence-corrected chi connectivity index (χ0v) is 14.5. The van der Waals surface area contributed by atoms with Crippen molar-refractivity contribution >= 4 is 0 Å². The summed E-state index contributed by atoms with van der Waals surface area (Å²) < 4.78 is 6.08. The SMILES string of the molecule is CC1=CC23CCC4C5(CCC(O)(OC5)C4(C)CO)C2CCC1C3. The standard InChI is InChI=1S/C20H30O3/c1-13-9-18-6-5-15-17(2,11-21)20(22)8-7-19(15,12-23-20)16(18)4-3-14(13)10-18/h9,14-16,21-22H,3-8,10-12H2,1-2H3. The molecule has 2 N–H and O–H groups in total. The number of hydrogen-bond acceptors (Lipinski definition) is 3. The molecule has 4 bridgehead atoms. The molecular formula is C20H30O3. The molecule has 2 aliphatic heterocycles. The van der Waals surface area contributed by atoms with Crippen molar-refractivity contribution < 1.29 is 14.9 Å². The second-order valence-electron chi connectivity index (χ2n) is 9.63. The zero-order valence-electron chi connectivity index (χ0n) is 14.5. The maximum absolute atomic E-state index is 11.0. The molecule has 128 valence electrons. The molecule has 0 radical (unpaired) electrons. The summed E-state index contributed by atoms with van der Waals surface area (Å²) in [6, 6.07) is 0. The third-order valence-electron chi connectivity index (χ3n) is 9.07. The Kier molecular flexibility index (Phi) is 2.74. The van der Waals surface area contributed by atoms with Gasteiger partial charge in [0.25, 0.3) is 0 Å². The minimum atomic E-state index is -1.11. The highest BCUT2D eigenvalue weighted by Crippen LogP contribution is 2.74. The van der Waals surface area contributed by atoms with E-state index in [1.165, 1.54) is 25.7 Å². The van der Waals surface area contributed by atoms with Crippen LogP contribution in [0.4, 0.5) is 0 Å². The van der Waals surface area contributed by atoms with Gasteiger partial charge in [-0.25, -0.2) is 0 Å². The van der Waals surface area contributed by atoms with Crippen LogP contribution >= 0.6 is 0 Å². The zero-order chi connectivity index (χ0) is 16.1. The lowest BCUT2D eigenvalue weighted by Crippen LogP contribution is -2.73. The molecule has 7 unspecified atom stereocenters. The third kappa shape index (κ3) is 1.49. The second-order valence-corrected chi connectivity index (χ2v) is 9.63. The Labute approximate surface area is 139 Å². The van der Waals surface area contributed by atoms with Gasteiger partial charge >= 0.3 is 0 Å². The van der Waals surface area contributed by atoms with E-state index < -0.39 is 11.2 Å². The summed E-state index contributed by atoms with van der Waals surface area (Å²) >= 11 is 0. The monoisotopic (exact) mass is 318 g/mol. The van der Waals surface area contributed by atoms with Crippen LogP contribution in [0.25, 0.3) is 0 Å². The highest BCUT2D eigenvalue weighted by molar-refractivity contribution is 5.28. The van der Waals surface area contributed by atoms with Crippen molar-refractivity contribution in [3.63, 3.8) is 0 Å². The van der Waals surface area contributed by atoms with Crippen LogP contribution in [0.5, 0.6) is 0 Å². The summed E-state index contributed by atoms with van der Waals surface area (Å²) in [5, 5.41) is 21.2. The molecular weight excluding hydrogens is 288 g/mol. The highest BCUT2D eigenvalue weighted by atomic mass is 16.6. The molecule has 5 fully saturated rings.